The first kappa shape index (κ1) is 13.6. The SMILES string of the molecule is CNc1cc(F)cc(/N=C(\C=O)C(=O)O)c1NC. The molecule has 0 radical (unpaired) electrons. The number of carboxylic acid groups (broad SMARTS) is 1. The van der Waals surface area contributed by atoms with Gasteiger partial charge in [0, 0.05) is 20.2 Å². The molecule has 0 aromatic heterocycles. The summed E-state index contributed by atoms with van der Waals surface area (Å²) >= 11 is 0. The highest BCUT2D eigenvalue weighted by molar-refractivity contribution is 6.58. The lowest BCUT2D eigenvalue weighted by Gasteiger charge is -2.11. The summed E-state index contributed by atoms with van der Waals surface area (Å²) in [6.45, 7) is 0. The first-order valence-corrected chi connectivity index (χ1v) is 4.99. The molecular formula is C11H12FN3O3. The first-order valence-electron chi connectivity index (χ1n) is 4.99. The van der Waals surface area contributed by atoms with Crippen LogP contribution in [0.3, 0.4) is 0 Å². The molecule has 0 aliphatic carbocycles. The van der Waals surface area contributed by atoms with Gasteiger partial charge in [0.2, 0.25) is 0 Å². The van der Waals surface area contributed by atoms with E-state index in [9.17, 15) is 14.0 Å². The van der Waals surface area contributed by atoms with Crippen molar-refractivity contribution in [3.05, 3.63) is 17.9 Å². The smallest absolute Gasteiger partial charge is 0.357 e. The molecule has 96 valence electrons. The minimum Gasteiger partial charge on any atom is -0.476 e. The summed E-state index contributed by atoms with van der Waals surface area (Å²) in [4.78, 5) is 24.9. The van der Waals surface area contributed by atoms with E-state index in [-0.39, 0.29) is 12.0 Å². The Hall–Kier alpha value is -2.44. The molecule has 0 heterocycles. The molecule has 0 unspecified atom stereocenters. The van der Waals surface area contributed by atoms with Crippen LogP contribution in [0.15, 0.2) is 17.1 Å². The number of carboxylic acids is 1. The summed E-state index contributed by atoms with van der Waals surface area (Å²) in [6.07, 6.45) is 0.103. The molecule has 0 atom stereocenters. The molecule has 0 fully saturated rings. The average molecular weight is 253 g/mol. The molecule has 1 rings (SSSR count). The van der Waals surface area contributed by atoms with Crippen LogP contribution in [-0.2, 0) is 9.59 Å². The predicted molar refractivity (Wildman–Crippen MR) is 66.3 cm³/mol. The van der Waals surface area contributed by atoms with Crippen molar-refractivity contribution in [3.8, 4) is 0 Å². The molecule has 0 amide bonds. The molecule has 0 saturated carbocycles. The Balaban J connectivity index is 3.43. The van der Waals surface area contributed by atoms with E-state index in [1.165, 1.54) is 6.07 Å². The highest BCUT2D eigenvalue weighted by Crippen LogP contribution is 2.33. The van der Waals surface area contributed by atoms with E-state index in [1.807, 2.05) is 0 Å². The molecule has 0 bridgehead atoms. The molecule has 1 aromatic rings. The number of hydrogen-bond donors (Lipinski definition) is 3. The van der Waals surface area contributed by atoms with Crippen LogP contribution in [-0.4, -0.2) is 37.2 Å². The number of halogens is 1. The summed E-state index contributed by atoms with van der Waals surface area (Å²) in [5.41, 5.74) is 0.150. The van der Waals surface area contributed by atoms with Crippen molar-refractivity contribution in [1.82, 2.24) is 0 Å². The van der Waals surface area contributed by atoms with Gasteiger partial charge in [0.25, 0.3) is 0 Å². The van der Waals surface area contributed by atoms with Crippen molar-refractivity contribution < 1.29 is 19.1 Å². The normalized spacial score (nSPS) is 10.9. The molecule has 18 heavy (non-hydrogen) atoms. The Morgan fingerprint density at radius 1 is 1.39 bits per heavy atom. The quantitative estimate of drug-likeness (QED) is 0.417. The van der Waals surface area contributed by atoms with Gasteiger partial charge in [-0.2, -0.15) is 0 Å². The van der Waals surface area contributed by atoms with Gasteiger partial charge in [-0.25, -0.2) is 14.2 Å². The lowest BCUT2D eigenvalue weighted by Crippen LogP contribution is -2.13. The number of carbonyl (C=O) groups is 2. The minimum atomic E-state index is -1.47. The molecule has 0 saturated heterocycles. The molecule has 7 heteroatoms. The summed E-state index contributed by atoms with van der Waals surface area (Å²) in [7, 11) is 3.16. The number of rotatable bonds is 5. The number of aldehydes is 1. The number of aliphatic imine (C=N–C) groups is 1. The zero-order chi connectivity index (χ0) is 13.7. The van der Waals surface area contributed by atoms with Crippen LogP contribution < -0.4 is 10.6 Å². The maximum absolute atomic E-state index is 13.3. The van der Waals surface area contributed by atoms with E-state index in [1.54, 1.807) is 14.1 Å². The Morgan fingerprint density at radius 2 is 2.06 bits per heavy atom. The van der Waals surface area contributed by atoms with E-state index in [0.717, 1.165) is 6.07 Å². The van der Waals surface area contributed by atoms with E-state index in [0.29, 0.717) is 11.4 Å². The lowest BCUT2D eigenvalue weighted by molar-refractivity contribution is -0.129. The van der Waals surface area contributed by atoms with Gasteiger partial charge in [-0.1, -0.05) is 0 Å². The van der Waals surface area contributed by atoms with Gasteiger partial charge >= 0.3 is 5.97 Å². The van der Waals surface area contributed by atoms with Crippen molar-refractivity contribution in [3.63, 3.8) is 0 Å². The van der Waals surface area contributed by atoms with Crippen LogP contribution in [0.2, 0.25) is 0 Å². The van der Waals surface area contributed by atoms with Crippen LogP contribution in [0.1, 0.15) is 0 Å². The topological polar surface area (TPSA) is 90.8 Å². The third-order valence-corrected chi connectivity index (χ3v) is 2.17. The standard InChI is InChI=1S/C11H12FN3O3/c1-13-7-3-6(12)4-8(10(7)14-2)15-9(5-16)11(17)18/h3-5,13-14H,1-2H3,(H,17,18)/b15-9+. The molecular weight excluding hydrogens is 241 g/mol. The van der Waals surface area contributed by atoms with Crippen LogP contribution >= 0.6 is 0 Å². The summed E-state index contributed by atoms with van der Waals surface area (Å²) in [5.74, 6) is -2.06. The van der Waals surface area contributed by atoms with Gasteiger partial charge in [-0.3, -0.25) is 4.79 Å². The van der Waals surface area contributed by atoms with Crippen molar-refractivity contribution in [2.75, 3.05) is 24.7 Å². The maximum atomic E-state index is 13.3. The van der Waals surface area contributed by atoms with E-state index in [4.69, 9.17) is 5.11 Å². The van der Waals surface area contributed by atoms with Gasteiger partial charge in [0.15, 0.2) is 12.0 Å². The second kappa shape index (κ2) is 5.76. The Morgan fingerprint density at radius 3 is 2.50 bits per heavy atom. The Kier molecular flexibility index (Phi) is 4.36. The summed E-state index contributed by atoms with van der Waals surface area (Å²) in [6, 6.07) is 2.27. The minimum absolute atomic E-state index is 0.0337. The van der Waals surface area contributed by atoms with Gasteiger partial charge in [0.05, 0.1) is 17.1 Å². The third-order valence-electron chi connectivity index (χ3n) is 2.17. The fourth-order valence-electron chi connectivity index (χ4n) is 1.39. The second-order valence-corrected chi connectivity index (χ2v) is 3.27. The van der Waals surface area contributed by atoms with Gasteiger partial charge in [0.1, 0.15) is 5.82 Å². The fourth-order valence-corrected chi connectivity index (χ4v) is 1.39. The summed E-state index contributed by atoms with van der Waals surface area (Å²) in [5, 5.41) is 14.2. The van der Waals surface area contributed by atoms with Gasteiger partial charge in [-0.05, 0) is 6.07 Å². The monoisotopic (exact) mass is 253 g/mol. The number of nitrogens with one attached hydrogen (secondary N) is 2. The molecule has 3 N–H and O–H groups in total. The molecule has 1 aromatic carbocycles. The Bertz CT molecular complexity index is 515. The van der Waals surface area contributed by atoms with Gasteiger partial charge in [-0.15, -0.1) is 0 Å². The number of carbonyl (C=O) groups excluding carboxylic acids is 1. The average Bonchev–Trinajstić information content (AvgIpc) is 2.34. The van der Waals surface area contributed by atoms with Crippen LogP contribution in [0.5, 0.6) is 0 Å². The number of anilines is 2. The predicted octanol–water partition coefficient (Wildman–Crippen LogP) is 1.27. The highest BCUT2D eigenvalue weighted by atomic mass is 19.1. The van der Waals surface area contributed by atoms with Crippen molar-refractivity contribution in [2.45, 2.75) is 0 Å². The number of benzene rings is 1. The largest absolute Gasteiger partial charge is 0.476 e. The number of hydrogen-bond acceptors (Lipinski definition) is 5. The van der Waals surface area contributed by atoms with Crippen LogP contribution in [0.4, 0.5) is 21.5 Å². The molecule has 0 aliphatic rings. The first-order chi connectivity index (χ1) is 8.53. The fraction of sp³-hybridized carbons (Fsp3) is 0.182. The molecule has 0 aliphatic heterocycles. The van der Waals surface area contributed by atoms with E-state index >= 15 is 0 Å². The van der Waals surface area contributed by atoms with Crippen molar-refractivity contribution in [2.24, 2.45) is 4.99 Å². The number of aliphatic carboxylic acids is 1. The lowest BCUT2D eigenvalue weighted by atomic mass is 10.2. The zero-order valence-corrected chi connectivity index (χ0v) is 9.82. The van der Waals surface area contributed by atoms with Gasteiger partial charge < -0.3 is 15.7 Å². The van der Waals surface area contributed by atoms with E-state index < -0.39 is 17.5 Å². The molecule has 0 spiro atoms. The summed E-state index contributed by atoms with van der Waals surface area (Å²) < 4.78 is 13.3. The van der Waals surface area contributed by atoms with Crippen molar-refractivity contribution >= 4 is 35.0 Å². The second-order valence-electron chi connectivity index (χ2n) is 3.27. The highest BCUT2D eigenvalue weighted by Gasteiger charge is 2.13. The van der Waals surface area contributed by atoms with Crippen LogP contribution in [0.25, 0.3) is 0 Å². The van der Waals surface area contributed by atoms with Crippen molar-refractivity contribution in [1.29, 1.82) is 0 Å². The Labute approximate surface area is 103 Å². The van der Waals surface area contributed by atoms with E-state index in [2.05, 4.69) is 15.6 Å². The maximum Gasteiger partial charge on any atom is 0.357 e. The van der Waals surface area contributed by atoms with Crippen LogP contribution in [0, 0.1) is 5.82 Å². The zero-order valence-electron chi connectivity index (χ0n) is 9.82. The third kappa shape index (κ3) is 2.82. The number of nitrogens with zero attached hydrogens (tertiary/aromatic N) is 1. The molecule has 6 nitrogen and oxygen atoms in total.